The van der Waals surface area contributed by atoms with Crippen LogP contribution >= 0.6 is 15.9 Å². The smallest absolute Gasteiger partial charge is 0.235 e. The normalized spacial score (nSPS) is 16.6. The van der Waals surface area contributed by atoms with E-state index in [4.69, 9.17) is 4.74 Å². The second-order valence-corrected chi connectivity index (χ2v) is 5.04. The van der Waals surface area contributed by atoms with Gasteiger partial charge in [-0.05, 0) is 35.2 Å². The van der Waals surface area contributed by atoms with E-state index in [9.17, 15) is 14.3 Å². The summed E-state index contributed by atoms with van der Waals surface area (Å²) in [6.45, 7) is 0. The minimum Gasteiger partial charge on any atom is -0.504 e. The Hall–Kier alpha value is -1.39. The number of phenols is 1. The number of hydrogen-bond acceptors (Lipinski definition) is 4. The Kier molecular flexibility index (Phi) is 3.41. The van der Waals surface area contributed by atoms with Crippen LogP contribution in [0.2, 0.25) is 0 Å². The Balaban J connectivity index is 2.72. The summed E-state index contributed by atoms with van der Waals surface area (Å²) in [6.07, 6.45) is 3.38. The van der Waals surface area contributed by atoms with Gasteiger partial charge in [0.05, 0.1) is 17.1 Å². The first-order valence-electron chi connectivity index (χ1n) is 5.40. The second-order valence-electron chi connectivity index (χ2n) is 4.19. The maximum Gasteiger partial charge on any atom is 0.235 e. The van der Waals surface area contributed by atoms with Crippen molar-refractivity contribution in [2.24, 2.45) is 4.99 Å². The molecule has 1 aromatic carbocycles. The summed E-state index contributed by atoms with van der Waals surface area (Å²) in [6, 6.07) is 1.22. The Morgan fingerprint density at radius 2 is 2.28 bits per heavy atom. The van der Waals surface area contributed by atoms with E-state index in [2.05, 4.69) is 20.9 Å². The van der Waals surface area contributed by atoms with Crippen molar-refractivity contribution in [2.45, 2.75) is 24.8 Å². The van der Waals surface area contributed by atoms with Gasteiger partial charge in [0.15, 0.2) is 11.5 Å². The lowest BCUT2D eigenvalue weighted by molar-refractivity contribution is 0.233. The molecule has 0 amide bonds. The second kappa shape index (κ2) is 4.71. The summed E-state index contributed by atoms with van der Waals surface area (Å²) in [7, 11) is 1.34. The molecular weight excluding hydrogens is 305 g/mol. The molecule has 96 valence electrons. The quantitative estimate of drug-likeness (QED) is 0.689. The predicted molar refractivity (Wildman–Crippen MR) is 66.0 cm³/mol. The summed E-state index contributed by atoms with van der Waals surface area (Å²) in [4.78, 5) is 14.3. The molecule has 0 aliphatic heterocycles. The van der Waals surface area contributed by atoms with Gasteiger partial charge < -0.3 is 9.84 Å². The van der Waals surface area contributed by atoms with Crippen molar-refractivity contribution in [1.82, 2.24) is 0 Å². The van der Waals surface area contributed by atoms with Crippen molar-refractivity contribution < 1.29 is 19.0 Å². The average Bonchev–Trinajstić information content (AvgIpc) is 2.28. The highest BCUT2D eigenvalue weighted by Crippen LogP contribution is 2.52. The Bertz CT molecular complexity index is 537. The van der Waals surface area contributed by atoms with Crippen LogP contribution < -0.4 is 4.74 Å². The topological polar surface area (TPSA) is 58.9 Å². The van der Waals surface area contributed by atoms with Crippen molar-refractivity contribution >= 4 is 22.0 Å². The van der Waals surface area contributed by atoms with Crippen molar-refractivity contribution in [3.63, 3.8) is 0 Å². The molecule has 0 heterocycles. The van der Waals surface area contributed by atoms with Crippen LogP contribution in [0.1, 0.15) is 24.8 Å². The van der Waals surface area contributed by atoms with Crippen LogP contribution in [0, 0.1) is 5.82 Å². The van der Waals surface area contributed by atoms with E-state index in [0.29, 0.717) is 12.8 Å². The molecule has 0 aromatic heterocycles. The fraction of sp³-hybridized carbons (Fsp3) is 0.417. The minimum absolute atomic E-state index is 0.0226. The summed E-state index contributed by atoms with van der Waals surface area (Å²) < 4.78 is 19.4. The third-order valence-electron chi connectivity index (χ3n) is 3.26. The average molecular weight is 316 g/mol. The Labute approximate surface area is 112 Å². The number of carbonyl (C=O) groups excluding carboxylic acids is 1. The maximum absolute atomic E-state index is 14.2. The van der Waals surface area contributed by atoms with Crippen molar-refractivity contribution in [3.05, 3.63) is 21.9 Å². The number of aliphatic imine (C=N–C) groups is 1. The first kappa shape index (κ1) is 13.1. The summed E-state index contributed by atoms with van der Waals surface area (Å²) >= 11 is 3.03. The van der Waals surface area contributed by atoms with E-state index < -0.39 is 11.4 Å². The number of methoxy groups -OCH3 is 1. The number of rotatable bonds is 3. The predicted octanol–water partition coefficient (Wildman–Crippen LogP) is 3.02. The highest BCUT2D eigenvalue weighted by Gasteiger charge is 2.44. The molecule has 0 spiro atoms. The van der Waals surface area contributed by atoms with Crippen LogP contribution in [0.15, 0.2) is 15.5 Å². The van der Waals surface area contributed by atoms with E-state index >= 15 is 0 Å². The molecule has 0 unspecified atom stereocenters. The molecule has 4 nitrogen and oxygen atoms in total. The molecule has 2 rings (SSSR count). The van der Waals surface area contributed by atoms with Crippen LogP contribution in [0.3, 0.4) is 0 Å². The molecule has 1 saturated carbocycles. The lowest BCUT2D eigenvalue weighted by Gasteiger charge is -2.38. The van der Waals surface area contributed by atoms with Crippen LogP contribution in [0.25, 0.3) is 0 Å². The number of benzene rings is 1. The van der Waals surface area contributed by atoms with E-state index in [0.717, 1.165) is 6.42 Å². The zero-order chi connectivity index (χ0) is 13.3. The van der Waals surface area contributed by atoms with Gasteiger partial charge in [0.25, 0.3) is 0 Å². The number of halogens is 2. The molecule has 0 atom stereocenters. The van der Waals surface area contributed by atoms with Gasteiger partial charge in [-0.3, -0.25) is 0 Å². The Morgan fingerprint density at radius 1 is 1.61 bits per heavy atom. The molecule has 0 radical (unpaired) electrons. The molecule has 1 aromatic rings. The standard InChI is InChI=1S/C12H11BrFNO3/c1-18-11-8(17)5-7(13)10(14)9(11)12(15-6-16)3-2-4-12/h5,17H,2-4H2,1H3. The van der Waals surface area contributed by atoms with Gasteiger partial charge in [-0.1, -0.05) is 0 Å². The molecule has 1 fully saturated rings. The first-order chi connectivity index (χ1) is 8.55. The minimum atomic E-state index is -0.960. The van der Waals surface area contributed by atoms with E-state index in [-0.39, 0.29) is 21.5 Å². The van der Waals surface area contributed by atoms with E-state index in [1.54, 1.807) is 0 Å². The number of ether oxygens (including phenoxy) is 1. The first-order valence-corrected chi connectivity index (χ1v) is 6.19. The number of aromatic hydroxyl groups is 1. The number of phenolic OH excluding ortho intramolecular Hbond substituents is 1. The highest BCUT2D eigenvalue weighted by atomic mass is 79.9. The van der Waals surface area contributed by atoms with Gasteiger partial charge >= 0.3 is 0 Å². The molecule has 1 N–H and O–H groups in total. The van der Waals surface area contributed by atoms with Gasteiger partial charge in [0, 0.05) is 6.07 Å². The number of nitrogens with zero attached hydrogens (tertiary/aromatic N) is 1. The van der Waals surface area contributed by atoms with Crippen molar-refractivity contribution in [3.8, 4) is 11.5 Å². The van der Waals surface area contributed by atoms with Gasteiger partial charge in [-0.25, -0.2) is 9.18 Å². The molecule has 0 saturated heterocycles. The molecule has 6 heteroatoms. The molecule has 1 aliphatic rings. The number of isocyanates is 1. The third-order valence-corrected chi connectivity index (χ3v) is 3.84. The van der Waals surface area contributed by atoms with Crippen molar-refractivity contribution in [1.29, 1.82) is 0 Å². The molecular formula is C12H11BrFNO3. The van der Waals surface area contributed by atoms with Crippen LogP contribution in [0.4, 0.5) is 4.39 Å². The monoisotopic (exact) mass is 315 g/mol. The maximum atomic E-state index is 14.2. The lowest BCUT2D eigenvalue weighted by Crippen LogP contribution is -2.33. The SMILES string of the molecule is COc1c(O)cc(Br)c(F)c1C1(N=C=O)CCC1. The van der Waals surface area contributed by atoms with E-state index in [1.165, 1.54) is 19.3 Å². The molecule has 1 aliphatic carbocycles. The van der Waals surface area contributed by atoms with Gasteiger partial charge in [-0.2, -0.15) is 4.99 Å². The molecule has 18 heavy (non-hydrogen) atoms. The molecule has 0 bridgehead atoms. The van der Waals surface area contributed by atoms with Crippen LogP contribution in [0.5, 0.6) is 11.5 Å². The number of hydrogen-bond donors (Lipinski definition) is 1. The third kappa shape index (κ3) is 1.82. The van der Waals surface area contributed by atoms with Gasteiger partial charge in [-0.15, -0.1) is 0 Å². The van der Waals surface area contributed by atoms with Crippen molar-refractivity contribution in [2.75, 3.05) is 7.11 Å². The largest absolute Gasteiger partial charge is 0.504 e. The highest BCUT2D eigenvalue weighted by molar-refractivity contribution is 9.10. The zero-order valence-electron chi connectivity index (χ0n) is 9.67. The van der Waals surface area contributed by atoms with Gasteiger partial charge in [0.2, 0.25) is 6.08 Å². The van der Waals surface area contributed by atoms with Gasteiger partial charge in [0.1, 0.15) is 11.4 Å². The van der Waals surface area contributed by atoms with Crippen LogP contribution in [-0.2, 0) is 10.3 Å². The summed E-state index contributed by atoms with van der Waals surface area (Å²) in [5.41, 5.74) is -0.843. The lowest BCUT2D eigenvalue weighted by atomic mass is 9.71. The van der Waals surface area contributed by atoms with E-state index in [1.807, 2.05) is 0 Å². The summed E-state index contributed by atoms with van der Waals surface area (Å²) in [5.74, 6) is -0.731. The summed E-state index contributed by atoms with van der Waals surface area (Å²) in [5, 5.41) is 9.79. The van der Waals surface area contributed by atoms with Crippen LogP contribution in [-0.4, -0.2) is 18.3 Å². The fourth-order valence-electron chi connectivity index (χ4n) is 2.24. The fourth-order valence-corrected chi connectivity index (χ4v) is 2.65. The Morgan fingerprint density at radius 3 is 2.72 bits per heavy atom. The zero-order valence-corrected chi connectivity index (χ0v) is 11.3.